The molecule has 1 spiro atoms. The van der Waals surface area contributed by atoms with E-state index in [4.69, 9.17) is 0 Å². The second-order valence-corrected chi connectivity index (χ2v) is 8.87. The third-order valence-electron chi connectivity index (χ3n) is 6.90. The van der Waals surface area contributed by atoms with E-state index in [-0.39, 0.29) is 23.1 Å². The standard InChI is InChI=1S/C22H21F2N7O2/c1-29-16-15(28-18(29)19(32)30-10-22(23,24)11-30)17(27-12-26-16)31-14-5-3-2-4-13(14)21(20(31)33)6-8-25-9-7-21/h2-5,12,25H,6-11H2,1H3. The maximum Gasteiger partial charge on any atom is 0.290 e. The highest BCUT2D eigenvalue weighted by Gasteiger charge is 2.52. The van der Waals surface area contributed by atoms with Crippen LogP contribution >= 0.6 is 0 Å². The molecule has 0 bridgehead atoms. The van der Waals surface area contributed by atoms with E-state index in [0.29, 0.717) is 18.5 Å². The molecule has 5 heterocycles. The molecule has 9 nitrogen and oxygen atoms in total. The summed E-state index contributed by atoms with van der Waals surface area (Å²) in [6.45, 7) is 0.190. The number of anilines is 2. The number of nitrogens with zero attached hydrogens (tertiary/aromatic N) is 6. The molecule has 3 aliphatic rings. The molecule has 0 unspecified atom stereocenters. The number of hydrogen-bond donors (Lipinski definition) is 1. The first-order valence-corrected chi connectivity index (χ1v) is 10.8. The molecule has 3 aromatic rings. The Labute approximate surface area is 187 Å². The Morgan fingerprint density at radius 3 is 2.58 bits per heavy atom. The molecular formula is C22H21F2N7O2. The van der Waals surface area contributed by atoms with Crippen molar-refractivity contribution in [3.8, 4) is 0 Å². The van der Waals surface area contributed by atoms with Gasteiger partial charge in [0.2, 0.25) is 11.7 Å². The van der Waals surface area contributed by atoms with Crippen molar-refractivity contribution in [1.82, 2.24) is 29.7 Å². The maximum atomic E-state index is 13.9. The number of likely N-dealkylation sites (tertiary alicyclic amines) is 1. The lowest BCUT2D eigenvalue weighted by Crippen LogP contribution is -2.58. The van der Waals surface area contributed by atoms with Crippen LogP contribution in [0, 0.1) is 0 Å². The van der Waals surface area contributed by atoms with Crippen LogP contribution in [0.2, 0.25) is 0 Å². The number of benzene rings is 1. The summed E-state index contributed by atoms with van der Waals surface area (Å²) >= 11 is 0. The Hall–Kier alpha value is -3.47. The topological polar surface area (TPSA) is 96.2 Å². The van der Waals surface area contributed by atoms with Gasteiger partial charge >= 0.3 is 0 Å². The fourth-order valence-electron chi connectivity index (χ4n) is 5.20. The highest BCUT2D eigenvalue weighted by Crippen LogP contribution is 2.50. The van der Waals surface area contributed by atoms with Gasteiger partial charge in [-0.1, -0.05) is 18.2 Å². The van der Waals surface area contributed by atoms with E-state index in [1.54, 1.807) is 11.9 Å². The van der Waals surface area contributed by atoms with Gasteiger partial charge in [-0.3, -0.25) is 14.5 Å². The van der Waals surface area contributed by atoms with Crippen LogP contribution in [-0.2, 0) is 17.3 Å². The maximum absolute atomic E-state index is 13.9. The van der Waals surface area contributed by atoms with Gasteiger partial charge in [0.05, 0.1) is 24.2 Å². The molecule has 2 amide bonds. The number of halogens is 2. The van der Waals surface area contributed by atoms with Crippen molar-refractivity contribution in [3.63, 3.8) is 0 Å². The van der Waals surface area contributed by atoms with Gasteiger partial charge in [-0.2, -0.15) is 0 Å². The molecule has 0 radical (unpaired) electrons. The molecular weight excluding hydrogens is 432 g/mol. The summed E-state index contributed by atoms with van der Waals surface area (Å²) in [5.74, 6) is -3.28. The molecule has 0 saturated carbocycles. The number of carbonyl (C=O) groups is 2. The van der Waals surface area contributed by atoms with Gasteiger partial charge < -0.3 is 14.8 Å². The minimum Gasteiger partial charge on any atom is -0.324 e. The van der Waals surface area contributed by atoms with Gasteiger partial charge in [-0.05, 0) is 37.6 Å². The van der Waals surface area contributed by atoms with E-state index in [2.05, 4.69) is 20.3 Å². The molecule has 0 aliphatic carbocycles. The number of hydrogen-bond acceptors (Lipinski definition) is 6. The van der Waals surface area contributed by atoms with E-state index >= 15 is 0 Å². The summed E-state index contributed by atoms with van der Waals surface area (Å²) < 4.78 is 28.1. The quantitative estimate of drug-likeness (QED) is 0.635. The van der Waals surface area contributed by atoms with Crippen LogP contribution in [0.1, 0.15) is 29.0 Å². The Balaban J connectivity index is 1.47. The van der Waals surface area contributed by atoms with Gasteiger partial charge in [0.15, 0.2) is 17.0 Å². The van der Waals surface area contributed by atoms with E-state index in [1.807, 2.05) is 24.3 Å². The molecule has 1 aromatic carbocycles. The molecule has 1 N–H and O–H groups in total. The molecule has 0 atom stereocenters. The number of carbonyl (C=O) groups excluding carboxylic acids is 2. The minimum atomic E-state index is -2.87. The fourth-order valence-corrected chi connectivity index (χ4v) is 5.20. The van der Waals surface area contributed by atoms with Gasteiger partial charge in [-0.15, -0.1) is 0 Å². The number of piperidine rings is 1. The van der Waals surface area contributed by atoms with Crippen molar-refractivity contribution in [3.05, 3.63) is 42.0 Å². The van der Waals surface area contributed by atoms with E-state index in [0.717, 1.165) is 29.2 Å². The van der Waals surface area contributed by atoms with Gasteiger partial charge in [0.1, 0.15) is 6.33 Å². The molecule has 3 aliphatic heterocycles. The van der Waals surface area contributed by atoms with Crippen LogP contribution in [-0.4, -0.2) is 68.3 Å². The summed E-state index contributed by atoms with van der Waals surface area (Å²) in [7, 11) is 1.60. The zero-order chi connectivity index (χ0) is 23.0. The third kappa shape index (κ3) is 2.74. The lowest BCUT2D eigenvalue weighted by molar-refractivity contribution is -0.123. The number of amides is 2. The lowest BCUT2D eigenvalue weighted by atomic mass is 9.74. The SMILES string of the molecule is Cn1c(C(=O)N2CC(F)(F)C2)nc2c(N3C(=O)C4(CCNCC4)c4ccccc43)ncnc21. The minimum absolute atomic E-state index is 0.0150. The summed E-state index contributed by atoms with van der Waals surface area (Å²) in [5.41, 5.74) is 1.69. The average Bonchev–Trinajstić information content (AvgIpc) is 3.25. The Morgan fingerprint density at radius 2 is 1.85 bits per heavy atom. The molecule has 2 fully saturated rings. The lowest BCUT2D eigenvalue weighted by Gasteiger charge is -2.38. The number of alkyl halides is 2. The first-order chi connectivity index (χ1) is 15.8. The van der Waals surface area contributed by atoms with Crippen molar-refractivity contribution < 1.29 is 18.4 Å². The normalized spacial score (nSPS) is 20.9. The van der Waals surface area contributed by atoms with Crippen molar-refractivity contribution in [2.45, 2.75) is 24.2 Å². The zero-order valence-electron chi connectivity index (χ0n) is 17.9. The predicted molar refractivity (Wildman–Crippen MR) is 115 cm³/mol. The van der Waals surface area contributed by atoms with Gasteiger partial charge in [0.25, 0.3) is 11.8 Å². The first kappa shape index (κ1) is 20.2. The first-order valence-electron chi connectivity index (χ1n) is 10.8. The average molecular weight is 453 g/mol. The van der Waals surface area contributed by atoms with E-state index < -0.39 is 30.3 Å². The van der Waals surface area contributed by atoms with Crippen LogP contribution in [0.5, 0.6) is 0 Å². The number of fused-ring (bicyclic) bond motifs is 3. The number of rotatable bonds is 2. The fraction of sp³-hybridized carbons (Fsp3) is 0.409. The third-order valence-corrected chi connectivity index (χ3v) is 6.90. The molecule has 6 rings (SSSR count). The highest BCUT2D eigenvalue weighted by atomic mass is 19.3. The smallest absolute Gasteiger partial charge is 0.290 e. The molecule has 170 valence electrons. The van der Waals surface area contributed by atoms with Crippen LogP contribution in [0.3, 0.4) is 0 Å². The second kappa shape index (κ2) is 6.77. The van der Waals surface area contributed by atoms with Crippen molar-refractivity contribution in [1.29, 1.82) is 0 Å². The summed E-state index contributed by atoms with van der Waals surface area (Å²) in [6, 6.07) is 7.66. The Bertz CT molecular complexity index is 1310. The van der Waals surface area contributed by atoms with Crippen LogP contribution in [0.15, 0.2) is 30.6 Å². The van der Waals surface area contributed by atoms with E-state index in [9.17, 15) is 18.4 Å². The van der Waals surface area contributed by atoms with E-state index in [1.165, 1.54) is 10.9 Å². The summed E-state index contributed by atoms with van der Waals surface area (Å²) in [4.78, 5) is 42.4. The Morgan fingerprint density at radius 1 is 1.12 bits per heavy atom. The van der Waals surface area contributed by atoms with Crippen molar-refractivity contribution in [2.75, 3.05) is 31.1 Å². The number of aromatic nitrogens is 4. The molecule has 33 heavy (non-hydrogen) atoms. The van der Waals surface area contributed by atoms with Gasteiger partial charge in [-0.25, -0.2) is 23.7 Å². The molecule has 2 aromatic heterocycles. The second-order valence-electron chi connectivity index (χ2n) is 8.87. The number of imidazole rings is 1. The predicted octanol–water partition coefficient (Wildman–Crippen LogP) is 1.75. The molecule has 11 heteroatoms. The monoisotopic (exact) mass is 453 g/mol. The summed E-state index contributed by atoms with van der Waals surface area (Å²) in [5, 5.41) is 3.31. The van der Waals surface area contributed by atoms with Crippen molar-refractivity contribution in [2.24, 2.45) is 7.05 Å². The number of aryl methyl sites for hydroxylation is 1. The summed E-state index contributed by atoms with van der Waals surface area (Å²) in [6.07, 6.45) is 2.67. The van der Waals surface area contributed by atoms with Crippen LogP contribution < -0.4 is 10.2 Å². The highest BCUT2D eigenvalue weighted by molar-refractivity contribution is 6.15. The van der Waals surface area contributed by atoms with Crippen LogP contribution in [0.4, 0.5) is 20.3 Å². The Kier molecular flexibility index (Phi) is 4.13. The number of nitrogens with one attached hydrogen (secondary N) is 1. The van der Waals surface area contributed by atoms with Crippen LogP contribution in [0.25, 0.3) is 11.2 Å². The zero-order valence-corrected chi connectivity index (χ0v) is 17.9. The van der Waals surface area contributed by atoms with Gasteiger partial charge in [0, 0.05) is 7.05 Å². The molecule has 2 saturated heterocycles. The van der Waals surface area contributed by atoms with Crippen molar-refractivity contribution >= 4 is 34.5 Å². The largest absolute Gasteiger partial charge is 0.324 e. The number of para-hydroxylation sites is 1.